The Morgan fingerprint density at radius 3 is 2.40 bits per heavy atom. The van der Waals surface area contributed by atoms with Gasteiger partial charge in [-0.2, -0.15) is 0 Å². The molecular weight excluding hydrogens is 384 g/mol. The highest BCUT2D eigenvalue weighted by Gasteiger charge is 2.24. The van der Waals surface area contributed by atoms with Gasteiger partial charge in [-0.3, -0.25) is 0 Å². The predicted molar refractivity (Wildman–Crippen MR) is 113 cm³/mol. The second-order valence-electron chi connectivity index (χ2n) is 6.62. The van der Waals surface area contributed by atoms with Gasteiger partial charge in [0.15, 0.2) is 0 Å². The van der Waals surface area contributed by atoms with E-state index in [2.05, 4.69) is 0 Å². The Morgan fingerprint density at radius 2 is 1.67 bits per heavy atom. The quantitative estimate of drug-likeness (QED) is 0.265. The number of methoxy groups -OCH3 is 1. The third-order valence-electron chi connectivity index (χ3n) is 4.75. The van der Waals surface area contributed by atoms with Crippen LogP contribution in [0.4, 0.5) is 0 Å². The molecule has 0 aliphatic rings. The molecule has 4 rings (SSSR count). The first-order valence-corrected chi connectivity index (χ1v) is 9.53. The minimum absolute atomic E-state index is 0.244. The predicted octanol–water partition coefficient (Wildman–Crippen LogP) is 4.64. The summed E-state index contributed by atoms with van der Waals surface area (Å²) in [6.07, 6.45) is -0.931. The Morgan fingerprint density at radius 1 is 0.933 bits per heavy atom. The lowest BCUT2D eigenvalue weighted by atomic mass is 10.1. The maximum atomic E-state index is 12.5. The highest BCUT2D eigenvalue weighted by molar-refractivity contribution is 6.04. The summed E-state index contributed by atoms with van der Waals surface area (Å²) in [5, 5.41) is 1.94. The van der Waals surface area contributed by atoms with Crippen LogP contribution in [0, 0.1) is 0 Å². The minimum atomic E-state index is -0.931. The van der Waals surface area contributed by atoms with Gasteiger partial charge in [0.05, 0.1) is 19.1 Å². The van der Waals surface area contributed by atoms with E-state index in [-0.39, 0.29) is 6.61 Å². The number of fused-ring (bicyclic) bond motifs is 3. The molecule has 3 aromatic carbocycles. The molecule has 152 valence electrons. The van der Waals surface area contributed by atoms with Crippen LogP contribution >= 0.6 is 0 Å². The number of carbonyl (C=O) groups is 1. The zero-order valence-electron chi connectivity index (χ0n) is 16.6. The average Bonchev–Trinajstić information content (AvgIpc) is 2.78. The Balaban J connectivity index is 1.76. The number of rotatable bonds is 6. The Hall–Kier alpha value is -3.80. The highest BCUT2D eigenvalue weighted by Crippen LogP contribution is 2.30. The summed E-state index contributed by atoms with van der Waals surface area (Å²) in [4.78, 5) is 24.9. The molecule has 0 N–H and O–H groups in total. The second kappa shape index (κ2) is 8.29. The average molecular weight is 404 g/mol. The smallest absolute Gasteiger partial charge is 0.352 e. The molecule has 0 aliphatic heterocycles. The van der Waals surface area contributed by atoms with E-state index >= 15 is 0 Å². The largest absolute Gasteiger partial charge is 0.497 e. The standard InChI is InChI=1S/C24H20O6/c1-3-28-24(26)22(15-7-5-4-6-8-15)29-17-10-12-19-18-11-9-16(27-2)13-20(18)23(25)30-21(19)14-17/h4-14,22H,3H2,1-2H3/t22-/m0/s1. The van der Waals surface area contributed by atoms with E-state index in [0.29, 0.717) is 28.0 Å². The van der Waals surface area contributed by atoms with E-state index in [0.717, 1.165) is 10.8 Å². The fourth-order valence-corrected chi connectivity index (χ4v) is 3.33. The van der Waals surface area contributed by atoms with Crippen LogP contribution in [-0.4, -0.2) is 19.7 Å². The van der Waals surface area contributed by atoms with E-state index in [1.165, 1.54) is 0 Å². The van der Waals surface area contributed by atoms with Gasteiger partial charge in [-0.05, 0) is 37.3 Å². The number of hydrogen-bond donors (Lipinski definition) is 0. The molecular formula is C24H20O6. The molecule has 0 bridgehead atoms. The first-order valence-electron chi connectivity index (χ1n) is 9.53. The van der Waals surface area contributed by atoms with Crippen molar-refractivity contribution in [3.05, 3.63) is 82.7 Å². The van der Waals surface area contributed by atoms with Gasteiger partial charge in [0.25, 0.3) is 0 Å². The van der Waals surface area contributed by atoms with Gasteiger partial charge in [-0.1, -0.05) is 30.3 Å². The SMILES string of the molecule is CCOC(=O)[C@@H](Oc1ccc2c(c1)oc(=O)c1cc(OC)ccc12)c1ccccc1. The van der Waals surface area contributed by atoms with Crippen molar-refractivity contribution in [2.45, 2.75) is 13.0 Å². The molecule has 0 amide bonds. The van der Waals surface area contributed by atoms with Crippen LogP contribution in [-0.2, 0) is 9.53 Å². The Labute approximate surface area is 172 Å². The monoisotopic (exact) mass is 404 g/mol. The lowest BCUT2D eigenvalue weighted by Gasteiger charge is -2.18. The van der Waals surface area contributed by atoms with Gasteiger partial charge in [0, 0.05) is 22.4 Å². The molecule has 1 heterocycles. The van der Waals surface area contributed by atoms with Crippen LogP contribution in [0.25, 0.3) is 21.7 Å². The van der Waals surface area contributed by atoms with Crippen LogP contribution in [0.2, 0.25) is 0 Å². The van der Waals surface area contributed by atoms with Crippen molar-refractivity contribution in [2.75, 3.05) is 13.7 Å². The van der Waals surface area contributed by atoms with Crippen LogP contribution in [0.5, 0.6) is 11.5 Å². The first-order chi connectivity index (χ1) is 14.6. The Kier molecular flexibility index (Phi) is 5.39. The lowest BCUT2D eigenvalue weighted by molar-refractivity contribution is -0.151. The summed E-state index contributed by atoms with van der Waals surface area (Å²) < 4.78 is 21.8. The normalized spacial score (nSPS) is 11.9. The van der Waals surface area contributed by atoms with Gasteiger partial charge < -0.3 is 18.6 Å². The lowest BCUT2D eigenvalue weighted by Crippen LogP contribution is -2.21. The zero-order valence-corrected chi connectivity index (χ0v) is 16.6. The van der Waals surface area contributed by atoms with Crippen molar-refractivity contribution in [2.24, 2.45) is 0 Å². The Bertz CT molecular complexity index is 1260. The van der Waals surface area contributed by atoms with E-state index < -0.39 is 17.7 Å². The number of esters is 1. The number of carbonyl (C=O) groups excluding carboxylic acids is 1. The van der Waals surface area contributed by atoms with Crippen molar-refractivity contribution < 1.29 is 23.4 Å². The molecule has 0 saturated heterocycles. The van der Waals surface area contributed by atoms with Gasteiger partial charge >= 0.3 is 11.6 Å². The van der Waals surface area contributed by atoms with Gasteiger partial charge in [0.2, 0.25) is 6.10 Å². The van der Waals surface area contributed by atoms with Gasteiger partial charge in [-0.15, -0.1) is 0 Å². The maximum Gasteiger partial charge on any atom is 0.352 e. The van der Waals surface area contributed by atoms with Gasteiger partial charge in [-0.25, -0.2) is 9.59 Å². The van der Waals surface area contributed by atoms with Crippen molar-refractivity contribution in [3.63, 3.8) is 0 Å². The molecule has 1 aromatic heterocycles. The third-order valence-corrected chi connectivity index (χ3v) is 4.75. The topological polar surface area (TPSA) is 75.0 Å². The van der Waals surface area contributed by atoms with E-state index in [1.54, 1.807) is 56.5 Å². The van der Waals surface area contributed by atoms with Gasteiger partial charge in [0.1, 0.15) is 17.1 Å². The van der Waals surface area contributed by atoms with Crippen molar-refractivity contribution in [3.8, 4) is 11.5 Å². The molecule has 6 nitrogen and oxygen atoms in total. The second-order valence-corrected chi connectivity index (χ2v) is 6.62. The molecule has 0 aliphatic carbocycles. The molecule has 0 unspecified atom stereocenters. The zero-order chi connectivity index (χ0) is 21.1. The molecule has 30 heavy (non-hydrogen) atoms. The summed E-state index contributed by atoms with van der Waals surface area (Å²) in [6, 6.07) is 19.5. The molecule has 0 spiro atoms. The number of ether oxygens (including phenoxy) is 3. The number of hydrogen-bond acceptors (Lipinski definition) is 6. The van der Waals surface area contributed by atoms with Crippen molar-refractivity contribution >= 4 is 27.7 Å². The van der Waals surface area contributed by atoms with Crippen molar-refractivity contribution in [1.29, 1.82) is 0 Å². The third kappa shape index (κ3) is 3.72. The summed E-state index contributed by atoms with van der Waals surface area (Å²) in [7, 11) is 1.54. The summed E-state index contributed by atoms with van der Waals surface area (Å²) >= 11 is 0. The number of benzene rings is 3. The summed E-state index contributed by atoms with van der Waals surface area (Å²) in [5.74, 6) is 0.477. The van der Waals surface area contributed by atoms with E-state index in [9.17, 15) is 9.59 Å². The van der Waals surface area contributed by atoms with Crippen LogP contribution in [0.15, 0.2) is 75.9 Å². The molecule has 0 radical (unpaired) electrons. The minimum Gasteiger partial charge on any atom is -0.497 e. The fourth-order valence-electron chi connectivity index (χ4n) is 3.33. The maximum absolute atomic E-state index is 12.5. The highest BCUT2D eigenvalue weighted by atomic mass is 16.6. The van der Waals surface area contributed by atoms with Crippen LogP contribution in [0.3, 0.4) is 0 Å². The molecule has 0 fully saturated rings. The summed E-state index contributed by atoms with van der Waals surface area (Å²) in [6.45, 7) is 1.98. The van der Waals surface area contributed by atoms with Crippen LogP contribution < -0.4 is 15.1 Å². The summed E-state index contributed by atoms with van der Waals surface area (Å²) in [5.41, 5.74) is 0.562. The van der Waals surface area contributed by atoms with Crippen molar-refractivity contribution in [1.82, 2.24) is 0 Å². The van der Waals surface area contributed by atoms with E-state index in [4.69, 9.17) is 18.6 Å². The van der Waals surface area contributed by atoms with E-state index in [1.807, 2.05) is 24.3 Å². The molecule has 6 heteroatoms. The van der Waals surface area contributed by atoms with Crippen LogP contribution in [0.1, 0.15) is 18.6 Å². The molecule has 1 atom stereocenters. The first kappa shape index (κ1) is 19.5. The fraction of sp³-hybridized carbons (Fsp3) is 0.167. The molecule has 0 saturated carbocycles. The molecule has 4 aromatic rings.